The maximum Gasteiger partial charge on any atom is 0.234 e. The minimum Gasteiger partial charge on any atom is -0.355 e. The molecule has 0 aromatic carbocycles. The van der Waals surface area contributed by atoms with E-state index in [1.807, 2.05) is 7.05 Å². The zero-order valence-electron chi connectivity index (χ0n) is 11.2. The third-order valence-corrected chi connectivity index (χ3v) is 3.61. The van der Waals surface area contributed by atoms with Gasteiger partial charge in [0.05, 0.1) is 6.54 Å². The fourth-order valence-electron chi connectivity index (χ4n) is 2.36. The molecule has 0 heterocycles. The van der Waals surface area contributed by atoms with E-state index in [0.717, 1.165) is 45.1 Å². The van der Waals surface area contributed by atoms with Crippen LogP contribution in [0.1, 0.15) is 45.4 Å². The number of unbranched alkanes of at least 4 members (excludes halogenated alkanes) is 1. The summed E-state index contributed by atoms with van der Waals surface area (Å²) in [6, 6.07) is 0.907. The van der Waals surface area contributed by atoms with Crippen LogP contribution in [0.15, 0.2) is 0 Å². The Morgan fingerprint density at radius 3 is 2.59 bits per heavy atom. The zero-order valence-corrected chi connectivity index (χ0v) is 11.2. The van der Waals surface area contributed by atoms with E-state index in [1.54, 1.807) is 0 Å². The number of amides is 1. The highest BCUT2D eigenvalue weighted by atomic mass is 16.2. The summed E-state index contributed by atoms with van der Waals surface area (Å²) in [6.07, 6.45) is 6.61. The van der Waals surface area contributed by atoms with E-state index in [-0.39, 0.29) is 5.91 Å². The molecule has 100 valence electrons. The number of nitrogens with one attached hydrogen (secondary N) is 1. The molecule has 0 spiro atoms. The van der Waals surface area contributed by atoms with Gasteiger partial charge in [0.1, 0.15) is 0 Å². The van der Waals surface area contributed by atoms with Crippen molar-refractivity contribution in [3.05, 3.63) is 0 Å². The summed E-state index contributed by atoms with van der Waals surface area (Å²) in [5.41, 5.74) is 5.88. The van der Waals surface area contributed by atoms with Gasteiger partial charge in [-0.15, -0.1) is 0 Å². The maximum atomic E-state index is 11.7. The van der Waals surface area contributed by atoms with Crippen LogP contribution in [0.25, 0.3) is 0 Å². The Labute approximate surface area is 105 Å². The minimum atomic E-state index is 0.149. The molecule has 4 heteroatoms. The number of rotatable bonds is 6. The van der Waals surface area contributed by atoms with Crippen LogP contribution in [-0.2, 0) is 4.79 Å². The van der Waals surface area contributed by atoms with Crippen LogP contribution in [0.3, 0.4) is 0 Å². The topological polar surface area (TPSA) is 58.4 Å². The van der Waals surface area contributed by atoms with Crippen molar-refractivity contribution in [2.75, 3.05) is 20.1 Å². The van der Waals surface area contributed by atoms with Gasteiger partial charge < -0.3 is 11.1 Å². The molecule has 17 heavy (non-hydrogen) atoms. The maximum absolute atomic E-state index is 11.7. The first kappa shape index (κ1) is 14.5. The standard InChI is InChI=1S/C13H27N3O/c1-3-4-9-15-13(17)10-16(2)12-7-5-11(14)6-8-12/h11-12H,3-10,14H2,1-2H3,(H,15,17). The number of nitrogens with zero attached hydrogens (tertiary/aromatic N) is 1. The Morgan fingerprint density at radius 1 is 1.35 bits per heavy atom. The average Bonchev–Trinajstić information content (AvgIpc) is 2.30. The monoisotopic (exact) mass is 241 g/mol. The van der Waals surface area contributed by atoms with Crippen molar-refractivity contribution in [1.29, 1.82) is 0 Å². The summed E-state index contributed by atoms with van der Waals surface area (Å²) in [4.78, 5) is 13.8. The molecule has 0 saturated heterocycles. The lowest BCUT2D eigenvalue weighted by Crippen LogP contribution is -2.43. The second-order valence-electron chi connectivity index (χ2n) is 5.19. The van der Waals surface area contributed by atoms with Crippen LogP contribution in [0.4, 0.5) is 0 Å². The van der Waals surface area contributed by atoms with Gasteiger partial charge in [0.2, 0.25) is 5.91 Å². The molecule has 0 unspecified atom stereocenters. The van der Waals surface area contributed by atoms with E-state index in [0.29, 0.717) is 18.6 Å². The van der Waals surface area contributed by atoms with Crippen molar-refractivity contribution in [2.45, 2.75) is 57.5 Å². The largest absolute Gasteiger partial charge is 0.355 e. The van der Waals surface area contributed by atoms with Gasteiger partial charge in [-0.3, -0.25) is 9.69 Å². The van der Waals surface area contributed by atoms with Crippen LogP contribution in [0, 0.1) is 0 Å². The van der Waals surface area contributed by atoms with E-state index < -0.39 is 0 Å². The second-order valence-corrected chi connectivity index (χ2v) is 5.19. The van der Waals surface area contributed by atoms with Gasteiger partial charge in [-0.05, 0) is 39.2 Å². The summed E-state index contributed by atoms with van der Waals surface area (Å²) in [5, 5.41) is 2.96. The number of carbonyl (C=O) groups is 1. The van der Waals surface area contributed by atoms with Gasteiger partial charge in [0, 0.05) is 18.6 Å². The zero-order chi connectivity index (χ0) is 12.7. The molecule has 3 N–H and O–H groups in total. The molecule has 0 aliphatic heterocycles. The van der Waals surface area contributed by atoms with Crippen molar-refractivity contribution in [3.8, 4) is 0 Å². The van der Waals surface area contributed by atoms with Crippen molar-refractivity contribution in [2.24, 2.45) is 5.73 Å². The summed E-state index contributed by atoms with van der Waals surface area (Å²) < 4.78 is 0. The Kier molecular flexibility index (Phi) is 6.52. The lowest BCUT2D eigenvalue weighted by Gasteiger charge is -2.33. The van der Waals surface area contributed by atoms with Crippen LogP contribution in [0.2, 0.25) is 0 Å². The Hall–Kier alpha value is -0.610. The number of carbonyl (C=O) groups excluding carboxylic acids is 1. The lowest BCUT2D eigenvalue weighted by atomic mass is 9.91. The van der Waals surface area contributed by atoms with Crippen molar-refractivity contribution in [3.63, 3.8) is 0 Å². The summed E-state index contributed by atoms with van der Waals surface area (Å²) in [6.45, 7) is 3.45. The molecule has 1 fully saturated rings. The highest BCUT2D eigenvalue weighted by molar-refractivity contribution is 5.77. The molecule has 1 amide bonds. The van der Waals surface area contributed by atoms with Crippen molar-refractivity contribution in [1.82, 2.24) is 10.2 Å². The smallest absolute Gasteiger partial charge is 0.234 e. The Morgan fingerprint density at radius 2 is 2.00 bits per heavy atom. The molecule has 0 aromatic rings. The third-order valence-electron chi connectivity index (χ3n) is 3.61. The van der Waals surface area contributed by atoms with Gasteiger partial charge in [-0.25, -0.2) is 0 Å². The van der Waals surface area contributed by atoms with Crippen LogP contribution < -0.4 is 11.1 Å². The first-order valence-corrected chi connectivity index (χ1v) is 6.86. The molecular formula is C13H27N3O. The highest BCUT2D eigenvalue weighted by Gasteiger charge is 2.22. The minimum absolute atomic E-state index is 0.149. The fraction of sp³-hybridized carbons (Fsp3) is 0.923. The summed E-state index contributed by atoms with van der Waals surface area (Å²) >= 11 is 0. The van der Waals surface area contributed by atoms with Crippen LogP contribution in [-0.4, -0.2) is 43.0 Å². The molecule has 1 saturated carbocycles. The molecule has 0 radical (unpaired) electrons. The molecule has 1 rings (SSSR count). The quantitative estimate of drug-likeness (QED) is 0.685. The number of likely N-dealkylation sites (N-methyl/N-ethyl adjacent to an activating group) is 1. The molecule has 1 aliphatic carbocycles. The van der Waals surface area contributed by atoms with E-state index in [1.165, 1.54) is 0 Å². The number of hydrogen-bond acceptors (Lipinski definition) is 3. The highest BCUT2D eigenvalue weighted by Crippen LogP contribution is 2.20. The Balaban J connectivity index is 2.19. The number of nitrogens with two attached hydrogens (primary N) is 1. The molecule has 0 atom stereocenters. The van der Waals surface area contributed by atoms with Crippen molar-refractivity contribution < 1.29 is 4.79 Å². The van der Waals surface area contributed by atoms with Crippen molar-refractivity contribution >= 4 is 5.91 Å². The molecule has 0 aromatic heterocycles. The van der Waals surface area contributed by atoms with Gasteiger partial charge in [-0.2, -0.15) is 0 Å². The molecule has 0 bridgehead atoms. The predicted octanol–water partition coefficient (Wildman–Crippen LogP) is 1.10. The van der Waals surface area contributed by atoms with Crippen LogP contribution in [0.5, 0.6) is 0 Å². The molecule has 4 nitrogen and oxygen atoms in total. The number of hydrogen-bond donors (Lipinski definition) is 2. The van der Waals surface area contributed by atoms with Gasteiger partial charge in [-0.1, -0.05) is 13.3 Å². The second kappa shape index (κ2) is 7.67. The van der Waals surface area contributed by atoms with Crippen LogP contribution >= 0.6 is 0 Å². The summed E-state index contributed by atoms with van der Waals surface area (Å²) in [7, 11) is 2.04. The first-order chi connectivity index (χ1) is 8.13. The lowest BCUT2D eigenvalue weighted by molar-refractivity contribution is -0.122. The van der Waals surface area contributed by atoms with E-state index in [4.69, 9.17) is 5.73 Å². The van der Waals surface area contributed by atoms with Gasteiger partial charge >= 0.3 is 0 Å². The molecule has 1 aliphatic rings. The van der Waals surface area contributed by atoms with Gasteiger partial charge in [0.25, 0.3) is 0 Å². The van der Waals surface area contributed by atoms with E-state index >= 15 is 0 Å². The molecular weight excluding hydrogens is 214 g/mol. The third kappa shape index (κ3) is 5.50. The fourth-order valence-corrected chi connectivity index (χ4v) is 2.36. The first-order valence-electron chi connectivity index (χ1n) is 6.86. The van der Waals surface area contributed by atoms with E-state index in [2.05, 4.69) is 17.1 Å². The predicted molar refractivity (Wildman–Crippen MR) is 70.8 cm³/mol. The SMILES string of the molecule is CCCCNC(=O)CN(C)C1CCC(N)CC1. The normalized spacial score (nSPS) is 24.9. The average molecular weight is 241 g/mol. The Bertz CT molecular complexity index is 225. The van der Waals surface area contributed by atoms with Gasteiger partial charge in [0.15, 0.2) is 0 Å². The van der Waals surface area contributed by atoms with E-state index in [9.17, 15) is 4.79 Å². The summed E-state index contributed by atoms with van der Waals surface area (Å²) in [5.74, 6) is 0.149.